The van der Waals surface area contributed by atoms with E-state index >= 15 is 0 Å². The van der Waals surface area contributed by atoms with Crippen molar-refractivity contribution in [3.05, 3.63) is 0 Å². The van der Waals surface area contributed by atoms with Crippen LogP contribution >= 0.6 is 0 Å². The normalized spacial score (nSPS) is 16.4. The van der Waals surface area contributed by atoms with Gasteiger partial charge in [0.1, 0.15) is 0 Å². The van der Waals surface area contributed by atoms with E-state index in [1.54, 1.807) is 0 Å². The van der Waals surface area contributed by atoms with Crippen LogP contribution in [0.2, 0.25) is 0 Å². The van der Waals surface area contributed by atoms with Crippen molar-refractivity contribution in [2.24, 2.45) is 11.8 Å². The van der Waals surface area contributed by atoms with E-state index in [2.05, 4.69) is 19.2 Å². The van der Waals surface area contributed by atoms with Crippen LogP contribution in [0, 0.1) is 11.8 Å². The van der Waals surface area contributed by atoms with Crippen LogP contribution < -0.4 is 5.32 Å². The topological polar surface area (TPSA) is 15.3 Å². The van der Waals surface area contributed by atoms with Gasteiger partial charge in [-0.25, -0.2) is 0 Å². The highest BCUT2D eigenvalue weighted by Gasteiger charge is 2.35. The molecule has 0 rings (SSSR count). The first kappa shape index (κ1) is 18.7. The molecule has 0 aromatic heterocycles. The molecule has 0 heterocycles. The number of hydrogen-bond donors (Lipinski definition) is 1. The summed E-state index contributed by atoms with van der Waals surface area (Å²) in [5.74, 6) is 0.738. The summed E-state index contributed by atoms with van der Waals surface area (Å²) in [5.41, 5.74) is 0. The number of hydrogen-bond acceptors (Lipinski definition) is 2. The minimum absolute atomic E-state index is 0.0960. The lowest BCUT2D eigenvalue weighted by atomic mass is 10.00. The average molecular weight is 282 g/mol. The van der Waals surface area contributed by atoms with Gasteiger partial charge in [-0.15, -0.1) is 0 Å². The van der Waals surface area contributed by atoms with E-state index in [0.717, 1.165) is 13.1 Å². The molecule has 0 aliphatic rings. The van der Waals surface area contributed by atoms with Gasteiger partial charge in [-0.1, -0.05) is 20.8 Å². The summed E-state index contributed by atoms with van der Waals surface area (Å²) in [7, 11) is 0. The summed E-state index contributed by atoms with van der Waals surface area (Å²) >= 11 is 0. The molecule has 2 atom stereocenters. The van der Waals surface area contributed by atoms with Gasteiger partial charge in [-0.05, 0) is 45.7 Å². The Morgan fingerprint density at radius 3 is 1.84 bits per heavy atom. The molecule has 0 saturated heterocycles. The SMILES string of the molecule is CC(C)CNCC(C)C(C)N(CC(F)(F)F)C(C)C. The fourth-order valence-electron chi connectivity index (χ4n) is 2.10. The molecule has 2 nitrogen and oxygen atoms in total. The second-order valence-corrected chi connectivity index (χ2v) is 6.15. The van der Waals surface area contributed by atoms with Crippen LogP contribution in [0.3, 0.4) is 0 Å². The van der Waals surface area contributed by atoms with Crippen molar-refractivity contribution in [1.82, 2.24) is 10.2 Å². The zero-order valence-electron chi connectivity index (χ0n) is 13.0. The van der Waals surface area contributed by atoms with E-state index in [-0.39, 0.29) is 18.0 Å². The Labute approximate surface area is 115 Å². The minimum Gasteiger partial charge on any atom is -0.316 e. The van der Waals surface area contributed by atoms with Crippen molar-refractivity contribution in [1.29, 1.82) is 0 Å². The molecule has 0 aliphatic carbocycles. The van der Waals surface area contributed by atoms with Crippen LogP contribution in [0.15, 0.2) is 0 Å². The minimum atomic E-state index is -4.14. The molecule has 0 amide bonds. The molecule has 5 heteroatoms. The average Bonchev–Trinajstić information content (AvgIpc) is 2.22. The highest BCUT2D eigenvalue weighted by atomic mass is 19.4. The lowest BCUT2D eigenvalue weighted by Crippen LogP contribution is -2.49. The standard InChI is InChI=1S/C14H29F3N2/c1-10(2)7-18-8-12(5)13(6)19(11(3)4)9-14(15,16)17/h10-13,18H,7-9H2,1-6H3. The fourth-order valence-corrected chi connectivity index (χ4v) is 2.10. The second kappa shape index (κ2) is 8.10. The molecule has 2 unspecified atom stereocenters. The summed E-state index contributed by atoms with van der Waals surface area (Å²) in [6.07, 6.45) is -4.14. The van der Waals surface area contributed by atoms with Crippen molar-refractivity contribution in [2.45, 2.75) is 59.8 Å². The molecular weight excluding hydrogens is 253 g/mol. The summed E-state index contributed by atoms with van der Waals surface area (Å²) in [5, 5.41) is 3.31. The number of rotatable bonds is 8. The van der Waals surface area contributed by atoms with Gasteiger partial charge >= 0.3 is 6.18 Å². The summed E-state index contributed by atoms with van der Waals surface area (Å²) in [4.78, 5) is 1.53. The third-order valence-electron chi connectivity index (χ3n) is 3.39. The zero-order chi connectivity index (χ0) is 15.2. The van der Waals surface area contributed by atoms with Gasteiger partial charge in [-0.2, -0.15) is 13.2 Å². The Morgan fingerprint density at radius 2 is 1.47 bits per heavy atom. The van der Waals surface area contributed by atoms with E-state index in [4.69, 9.17) is 0 Å². The monoisotopic (exact) mass is 282 g/mol. The van der Waals surface area contributed by atoms with E-state index in [9.17, 15) is 13.2 Å². The van der Waals surface area contributed by atoms with E-state index in [0.29, 0.717) is 5.92 Å². The lowest BCUT2D eigenvalue weighted by Gasteiger charge is -2.36. The van der Waals surface area contributed by atoms with Crippen LogP contribution in [-0.4, -0.2) is 42.8 Å². The van der Waals surface area contributed by atoms with Crippen LogP contribution in [0.4, 0.5) is 13.2 Å². The summed E-state index contributed by atoms with van der Waals surface area (Å²) in [6, 6.07) is -0.203. The van der Waals surface area contributed by atoms with Gasteiger partial charge < -0.3 is 5.32 Å². The van der Waals surface area contributed by atoms with E-state index in [1.165, 1.54) is 4.90 Å². The molecule has 19 heavy (non-hydrogen) atoms. The number of alkyl halides is 3. The summed E-state index contributed by atoms with van der Waals surface area (Å²) < 4.78 is 37.8. The Kier molecular flexibility index (Phi) is 7.98. The predicted molar refractivity (Wildman–Crippen MR) is 74.2 cm³/mol. The quantitative estimate of drug-likeness (QED) is 0.732. The maximum Gasteiger partial charge on any atom is 0.401 e. The molecule has 0 aromatic carbocycles. The molecule has 116 valence electrons. The molecule has 0 fully saturated rings. The van der Waals surface area contributed by atoms with Gasteiger partial charge in [0.05, 0.1) is 6.54 Å². The second-order valence-electron chi connectivity index (χ2n) is 6.15. The molecular formula is C14H29F3N2. The maximum absolute atomic E-state index is 12.6. The van der Waals surface area contributed by atoms with Gasteiger partial charge in [0.2, 0.25) is 0 Å². The molecule has 0 aliphatic heterocycles. The molecule has 0 bridgehead atoms. The van der Waals surface area contributed by atoms with Crippen LogP contribution in [0.25, 0.3) is 0 Å². The first-order valence-electron chi connectivity index (χ1n) is 7.07. The number of nitrogens with zero attached hydrogens (tertiary/aromatic N) is 1. The molecule has 0 saturated carbocycles. The maximum atomic E-state index is 12.6. The third kappa shape index (κ3) is 8.47. The highest BCUT2D eigenvalue weighted by molar-refractivity contribution is 4.79. The smallest absolute Gasteiger partial charge is 0.316 e. The lowest BCUT2D eigenvalue weighted by molar-refractivity contribution is -0.156. The van der Waals surface area contributed by atoms with Crippen molar-refractivity contribution in [2.75, 3.05) is 19.6 Å². The van der Waals surface area contributed by atoms with Crippen LogP contribution in [-0.2, 0) is 0 Å². The Morgan fingerprint density at radius 1 is 0.947 bits per heavy atom. The Bertz CT molecular complexity index is 239. The third-order valence-corrected chi connectivity index (χ3v) is 3.39. The molecule has 1 N–H and O–H groups in total. The van der Waals surface area contributed by atoms with Crippen molar-refractivity contribution in [3.8, 4) is 0 Å². The predicted octanol–water partition coefficient (Wildman–Crippen LogP) is 3.53. The first-order valence-corrected chi connectivity index (χ1v) is 7.07. The van der Waals surface area contributed by atoms with Crippen molar-refractivity contribution in [3.63, 3.8) is 0 Å². The van der Waals surface area contributed by atoms with Crippen LogP contribution in [0.5, 0.6) is 0 Å². The van der Waals surface area contributed by atoms with E-state index < -0.39 is 12.7 Å². The highest BCUT2D eigenvalue weighted by Crippen LogP contribution is 2.22. The first-order chi connectivity index (χ1) is 8.54. The van der Waals surface area contributed by atoms with Gasteiger partial charge in [0.25, 0.3) is 0 Å². The Hall–Kier alpha value is -0.290. The largest absolute Gasteiger partial charge is 0.401 e. The van der Waals surface area contributed by atoms with Crippen molar-refractivity contribution >= 4 is 0 Å². The zero-order valence-corrected chi connectivity index (χ0v) is 13.0. The molecule has 0 aromatic rings. The van der Waals surface area contributed by atoms with Gasteiger partial charge in [-0.3, -0.25) is 4.90 Å². The molecule has 0 spiro atoms. The molecule has 0 radical (unpaired) electrons. The van der Waals surface area contributed by atoms with Gasteiger partial charge in [0.15, 0.2) is 0 Å². The Balaban J connectivity index is 4.41. The number of halogens is 3. The number of nitrogens with one attached hydrogen (secondary N) is 1. The van der Waals surface area contributed by atoms with Crippen LogP contribution in [0.1, 0.15) is 41.5 Å². The fraction of sp³-hybridized carbons (Fsp3) is 1.00. The van der Waals surface area contributed by atoms with Crippen molar-refractivity contribution < 1.29 is 13.2 Å². The van der Waals surface area contributed by atoms with Gasteiger partial charge in [0, 0.05) is 12.1 Å². The van der Waals surface area contributed by atoms with E-state index in [1.807, 2.05) is 27.7 Å². The summed E-state index contributed by atoms with van der Waals surface area (Å²) in [6.45, 7) is 12.6.